The molecule has 1 aromatic rings. The number of fused-ring (bicyclic) bond motifs is 1. The normalized spacial score (nSPS) is 28.8. The van der Waals surface area contributed by atoms with Crippen molar-refractivity contribution in [2.24, 2.45) is 20.0 Å². The van der Waals surface area contributed by atoms with Crippen LogP contribution in [0, 0.1) is 5.92 Å². The van der Waals surface area contributed by atoms with E-state index in [0.29, 0.717) is 17.8 Å². The summed E-state index contributed by atoms with van der Waals surface area (Å²) >= 11 is 0. The number of aromatic nitrogens is 2. The molecule has 0 radical (unpaired) electrons. The molecular formula is C15H25N4O2+. The molecule has 2 aliphatic rings. The summed E-state index contributed by atoms with van der Waals surface area (Å²) in [5.41, 5.74) is 0.334. The molecule has 1 aromatic heterocycles. The molecule has 0 bridgehead atoms. The number of hydrogen-bond donors (Lipinski definition) is 2. The Labute approximate surface area is 124 Å². The van der Waals surface area contributed by atoms with Gasteiger partial charge in [-0.25, -0.2) is 4.79 Å². The third-order valence-corrected chi connectivity index (χ3v) is 5.28. The van der Waals surface area contributed by atoms with E-state index in [9.17, 15) is 9.59 Å². The van der Waals surface area contributed by atoms with Gasteiger partial charge in [0.25, 0.3) is 5.56 Å². The van der Waals surface area contributed by atoms with E-state index in [4.69, 9.17) is 0 Å². The lowest BCUT2D eigenvalue weighted by Crippen LogP contribution is -3.17. The van der Waals surface area contributed by atoms with E-state index in [1.54, 1.807) is 18.7 Å². The molecule has 1 fully saturated rings. The van der Waals surface area contributed by atoms with E-state index in [2.05, 4.69) is 12.2 Å². The Kier molecular flexibility index (Phi) is 3.65. The highest BCUT2D eigenvalue weighted by molar-refractivity contribution is 5.43. The summed E-state index contributed by atoms with van der Waals surface area (Å²) in [6.45, 7) is 3.84. The van der Waals surface area contributed by atoms with Gasteiger partial charge >= 0.3 is 5.69 Å². The Balaban J connectivity index is 1.96. The van der Waals surface area contributed by atoms with Crippen LogP contribution in [0.4, 0.5) is 5.82 Å². The predicted octanol–water partition coefficient (Wildman–Crippen LogP) is -0.569. The van der Waals surface area contributed by atoms with Crippen LogP contribution in [0.1, 0.15) is 38.2 Å². The van der Waals surface area contributed by atoms with Gasteiger partial charge in [0, 0.05) is 20.0 Å². The molecule has 2 N–H and O–H groups in total. The van der Waals surface area contributed by atoms with Crippen LogP contribution in [0.25, 0.3) is 0 Å². The molecule has 0 saturated heterocycles. The smallest absolute Gasteiger partial charge is 0.324 e. The van der Waals surface area contributed by atoms with Crippen LogP contribution in [0.2, 0.25) is 0 Å². The zero-order valence-electron chi connectivity index (χ0n) is 13.1. The van der Waals surface area contributed by atoms with Crippen molar-refractivity contribution in [3.63, 3.8) is 0 Å². The van der Waals surface area contributed by atoms with E-state index in [1.165, 1.54) is 35.2 Å². The van der Waals surface area contributed by atoms with E-state index in [-0.39, 0.29) is 11.2 Å². The van der Waals surface area contributed by atoms with Crippen LogP contribution in [0.3, 0.4) is 0 Å². The second-order valence-corrected chi connectivity index (χ2v) is 6.59. The monoisotopic (exact) mass is 293 g/mol. The lowest BCUT2D eigenvalue weighted by Gasteiger charge is -2.38. The Morgan fingerprint density at radius 3 is 2.57 bits per heavy atom. The van der Waals surface area contributed by atoms with E-state index in [0.717, 1.165) is 18.8 Å². The number of quaternary nitrogens is 1. The van der Waals surface area contributed by atoms with E-state index >= 15 is 0 Å². The maximum Gasteiger partial charge on any atom is 0.332 e. The number of rotatable bonds is 1. The summed E-state index contributed by atoms with van der Waals surface area (Å²) in [7, 11) is 3.28. The van der Waals surface area contributed by atoms with Gasteiger partial charge in [0.05, 0.1) is 6.04 Å². The van der Waals surface area contributed by atoms with Crippen molar-refractivity contribution >= 4 is 5.82 Å². The third kappa shape index (κ3) is 2.31. The lowest BCUT2D eigenvalue weighted by atomic mass is 9.84. The van der Waals surface area contributed by atoms with Crippen molar-refractivity contribution in [1.82, 2.24) is 9.13 Å². The minimum Gasteiger partial charge on any atom is -0.324 e. The number of hydrogen-bond acceptors (Lipinski definition) is 3. The molecule has 0 spiro atoms. The third-order valence-electron chi connectivity index (χ3n) is 5.28. The second kappa shape index (κ2) is 5.33. The highest BCUT2D eigenvalue weighted by Crippen LogP contribution is 2.22. The lowest BCUT2D eigenvalue weighted by molar-refractivity contribution is -0.942. The van der Waals surface area contributed by atoms with Gasteiger partial charge in [0.1, 0.15) is 17.9 Å². The molecule has 116 valence electrons. The summed E-state index contributed by atoms with van der Waals surface area (Å²) in [5, 5.41) is 3.32. The first-order valence-corrected chi connectivity index (χ1v) is 7.88. The molecule has 1 saturated carbocycles. The maximum atomic E-state index is 12.4. The molecule has 3 rings (SSSR count). The van der Waals surface area contributed by atoms with Gasteiger partial charge in [-0.2, -0.15) is 0 Å². The number of nitrogens with zero attached hydrogens (tertiary/aromatic N) is 2. The first-order valence-electron chi connectivity index (χ1n) is 7.88. The minimum atomic E-state index is -0.263. The standard InChI is InChI=1S/C15H24N4O2/c1-10-6-4-5-7-12(10)19-8-11-13(16-9-19)17(2)15(21)18(3)14(11)20/h10,12,16H,4-9H2,1-3H3/p+1/t10-,12-/m1/s1. The molecule has 0 amide bonds. The van der Waals surface area contributed by atoms with Gasteiger partial charge in [-0.3, -0.25) is 13.9 Å². The number of nitrogens with one attached hydrogen (secondary N) is 2. The Morgan fingerprint density at radius 2 is 1.86 bits per heavy atom. The van der Waals surface area contributed by atoms with Gasteiger partial charge in [-0.05, 0) is 19.3 Å². The van der Waals surface area contributed by atoms with Crippen LogP contribution in [0.5, 0.6) is 0 Å². The van der Waals surface area contributed by atoms with Gasteiger partial charge in [-0.1, -0.05) is 13.3 Å². The molecule has 3 atom stereocenters. The van der Waals surface area contributed by atoms with Gasteiger partial charge in [0.2, 0.25) is 0 Å². The zero-order valence-corrected chi connectivity index (χ0v) is 13.1. The van der Waals surface area contributed by atoms with Crippen molar-refractivity contribution in [1.29, 1.82) is 0 Å². The second-order valence-electron chi connectivity index (χ2n) is 6.59. The van der Waals surface area contributed by atoms with Crippen molar-refractivity contribution in [3.05, 3.63) is 26.4 Å². The average molecular weight is 293 g/mol. The minimum absolute atomic E-state index is 0.152. The number of anilines is 1. The highest BCUT2D eigenvalue weighted by atomic mass is 16.2. The average Bonchev–Trinajstić information content (AvgIpc) is 2.51. The van der Waals surface area contributed by atoms with Crippen LogP contribution in [-0.4, -0.2) is 21.8 Å². The molecule has 1 aliphatic heterocycles. The topological polar surface area (TPSA) is 60.5 Å². The Morgan fingerprint density at radius 1 is 1.14 bits per heavy atom. The van der Waals surface area contributed by atoms with Crippen LogP contribution < -0.4 is 21.5 Å². The molecule has 2 heterocycles. The Bertz CT molecular complexity index is 661. The zero-order chi connectivity index (χ0) is 15.1. The quantitative estimate of drug-likeness (QED) is 0.729. The summed E-state index contributed by atoms with van der Waals surface area (Å²) in [5.74, 6) is 1.41. The first kappa shape index (κ1) is 14.4. The SMILES string of the molecule is C[C@@H]1CCCC[C@H]1[NH+]1CNc2c(c(=O)n(C)c(=O)n2C)C1. The van der Waals surface area contributed by atoms with E-state index in [1.807, 2.05) is 0 Å². The fourth-order valence-corrected chi connectivity index (χ4v) is 3.97. The molecule has 6 nitrogen and oxygen atoms in total. The Hall–Kier alpha value is -1.56. The molecule has 0 aromatic carbocycles. The first-order chi connectivity index (χ1) is 10.0. The fourth-order valence-electron chi connectivity index (χ4n) is 3.97. The summed E-state index contributed by atoms with van der Waals surface area (Å²) < 4.78 is 2.77. The van der Waals surface area contributed by atoms with Crippen molar-refractivity contribution in [3.8, 4) is 0 Å². The van der Waals surface area contributed by atoms with E-state index < -0.39 is 0 Å². The van der Waals surface area contributed by atoms with Crippen molar-refractivity contribution < 1.29 is 4.90 Å². The highest BCUT2D eigenvalue weighted by Gasteiger charge is 2.34. The van der Waals surface area contributed by atoms with Gasteiger partial charge in [-0.15, -0.1) is 0 Å². The summed E-state index contributed by atoms with van der Waals surface area (Å²) in [4.78, 5) is 25.8. The maximum absolute atomic E-state index is 12.4. The van der Waals surface area contributed by atoms with Gasteiger partial charge in [0.15, 0.2) is 6.67 Å². The largest absolute Gasteiger partial charge is 0.332 e. The fraction of sp³-hybridized carbons (Fsp3) is 0.733. The molecular weight excluding hydrogens is 268 g/mol. The molecule has 1 unspecified atom stereocenters. The summed E-state index contributed by atoms with van der Waals surface area (Å²) in [6, 6.07) is 0.612. The predicted molar refractivity (Wildman–Crippen MR) is 81.5 cm³/mol. The van der Waals surface area contributed by atoms with Crippen molar-refractivity contribution in [2.75, 3.05) is 12.0 Å². The molecule has 21 heavy (non-hydrogen) atoms. The van der Waals surface area contributed by atoms with Gasteiger partial charge < -0.3 is 10.2 Å². The van der Waals surface area contributed by atoms with Crippen LogP contribution in [0.15, 0.2) is 9.59 Å². The summed E-state index contributed by atoms with van der Waals surface area (Å²) in [6.07, 6.45) is 5.13. The van der Waals surface area contributed by atoms with Crippen LogP contribution in [-0.2, 0) is 20.6 Å². The van der Waals surface area contributed by atoms with Crippen molar-refractivity contribution in [2.45, 2.75) is 45.2 Å². The molecule has 1 aliphatic carbocycles. The van der Waals surface area contributed by atoms with Crippen LogP contribution >= 0.6 is 0 Å². The molecule has 6 heteroatoms.